The van der Waals surface area contributed by atoms with Gasteiger partial charge in [0.25, 0.3) is 0 Å². The van der Waals surface area contributed by atoms with Crippen molar-refractivity contribution >= 4 is 53.9 Å². The van der Waals surface area contributed by atoms with Gasteiger partial charge >= 0.3 is 0 Å². The Labute approximate surface area is 642 Å². The van der Waals surface area contributed by atoms with Crippen molar-refractivity contribution in [1.82, 2.24) is 29.9 Å². The van der Waals surface area contributed by atoms with Gasteiger partial charge in [-0.3, -0.25) is 0 Å². The van der Waals surface area contributed by atoms with Crippen molar-refractivity contribution < 1.29 is 0 Å². The van der Waals surface area contributed by atoms with Gasteiger partial charge in [-0.25, -0.2) is 29.9 Å². The van der Waals surface area contributed by atoms with Crippen molar-refractivity contribution in [2.24, 2.45) is 0 Å². The van der Waals surface area contributed by atoms with Crippen LogP contribution in [0.1, 0.15) is 22.3 Å². The van der Waals surface area contributed by atoms with Crippen LogP contribution >= 0.6 is 0 Å². The van der Waals surface area contributed by atoms with Crippen LogP contribution in [0.3, 0.4) is 0 Å². The van der Waals surface area contributed by atoms with E-state index < -0.39 is 5.41 Å². The normalized spacial score (nSPS) is 12.2. The molecule has 1 aliphatic rings. The van der Waals surface area contributed by atoms with Gasteiger partial charge in [-0.1, -0.05) is 370 Å². The van der Waals surface area contributed by atoms with Gasteiger partial charge in [0.1, 0.15) is 0 Å². The predicted molar refractivity (Wildman–Crippen MR) is 458 cm³/mol. The highest BCUT2D eigenvalue weighted by molar-refractivity contribution is 6.27. The van der Waals surface area contributed by atoms with Crippen molar-refractivity contribution in [2.75, 3.05) is 0 Å². The largest absolute Gasteiger partial charge is 0.208 e. The molecule has 20 aromatic rings. The van der Waals surface area contributed by atoms with Gasteiger partial charge in [-0.15, -0.1) is 0 Å². The van der Waals surface area contributed by atoms with Gasteiger partial charge in [0, 0.05) is 33.4 Å². The maximum atomic E-state index is 5.47. The summed E-state index contributed by atoms with van der Waals surface area (Å²) in [6.07, 6.45) is 0. The summed E-state index contributed by atoms with van der Waals surface area (Å²) in [6.45, 7) is 0. The topological polar surface area (TPSA) is 77.3 Å². The van der Waals surface area contributed by atoms with E-state index in [2.05, 4.69) is 322 Å². The first-order valence-electron chi connectivity index (χ1n) is 37.8. The molecule has 2 heterocycles. The van der Waals surface area contributed by atoms with E-state index in [9.17, 15) is 0 Å². The number of rotatable bonds is 13. The minimum Gasteiger partial charge on any atom is -0.208 e. The van der Waals surface area contributed by atoms with Crippen molar-refractivity contribution in [3.05, 3.63) is 423 Å². The van der Waals surface area contributed by atoms with E-state index in [0.717, 1.165) is 94.2 Å². The Kier molecular flexibility index (Phi) is 15.7. The Bertz CT molecular complexity index is 6950. The van der Waals surface area contributed by atoms with E-state index in [1.807, 2.05) is 78.9 Å². The number of hydrogen-bond donors (Lipinski definition) is 0. The number of fused-ring (bicyclic) bond motifs is 11. The lowest BCUT2D eigenvalue weighted by molar-refractivity contribution is 0.769. The Balaban J connectivity index is 0.669. The molecule has 6 nitrogen and oxygen atoms in total. The van der Waals surface area contributed by atoms with Crippen molar-refractivity contribution in [1.29, 1.82) is 0 Å². The maximum absolute atomic E-state index is 5.47. The Morgan fingerprint density at radius 1 is 0.153 bits per heavy atom. The van der Waals surface area contributed by atoms with Gasteiger partial charge in [-0.05, 0) is 173 Å². The second kappa shape index (κ2) is 26.9. The Morgan fingerprint density at radius 2 is 0.468 bits per heavy atom. The van der Waals surface area contributed by atoms with Crippen LogP contribution in [0.25, 0.3) is 189 Å². The maximum Gasteiger partial charge on any atom is 0.164 e. The third-order valence-corrected chi connectivity index (χ3v) is 22.4. The summed E-state index contributed by atoms with van der Waals surface area (Å²) < 4.78 is 0. The summed E-state index contributed by atoms with van der Waals surface area (Å²) in [5, 5.41) is 11.8. The van der Waals surface area contributed by atoms with Crippen molar-refractivity contribution in [3.8, 4) is 135 Å². The summed E-state index contributed by atoms with van der Waals surface area (Å²) in [5.41, 5.74) is 23.5. The number of aromatic nitrogens is 6. The monoisotopic (exact) mass is 1410 g/mol. The zero-order valence-electron chi connectivity index (χ0n) is 60.3. The van der Waals surface area contributed by atoms with E-state index in [4.69, 9.17) is 29.9 Å². The molecule has 0 radical (unpaired) electrons. The van der Waals surface area contributed by atoms with Crippen molar-refractivity contribution in [3.63, 3.8) is 0 Å². The van der Waals surface area contributed by atoms with Crippen LogP contribution in [0.4, 0.5) is 0 Å². The minimum atomic E-state index is -0.551. The third-order valence-electron chi connectivity index (χ3n) is 22.4. The van der Waals surface area contributed by atoms with Gasteiger partial charge in [0.15, 0.2) is 34.9 Å². The summed E-state index contributed by atoms with van der Waals surface area (Å²) in [6, 6.07) is 144. The third kappa shape index (κ3) is 11.2. The zero-order valence-corrected chi connectivity index (χ0v) is 60.3. The molecule has 516 valence electrons. The molecule has 0 bridgehead atoms. The fraction of sp³-hybridized carbons (Fsp3) is 0.00952. The van der Waals surface area contributed by atoms with E-state index >= 15 is 0 Å². The van der Waals surface area contributed by atoms with Crippen LogP contribution in [0, 0.1) is 0 Å². The minimum absolute atomic E-state index is 0.551. The Hall–Kier alpha value is -14.7. The molecular weight excluding hydrogens is 1350 g/mol. The molecule has 18 aromatic carbocycles. The molecule has 0 aliphatic heterocycles. The summed E-state index contributed by atoms with van der Waals surface area (Å²) in [7, 11) is 0. The number of hydrogen-bond acceptors (Lipinski definition) is 6. The number of nitrogens with zero attached hydrogens (tertiary/aromatic N) is 6. The van der Waals surface area contributed by atoms with Crippen LogP contribution in [0.5, 0.6) is 0 Å². The van der Waals surface area contributed by atoms with E-state index in [0.29, 0.717) is 34.9 Å². The quantitative estimate of drug-likeness (QED) is 0.107. The van der Waals surface area contributed by atoms with Crippen LogP contribution in [-0.4, -0.2) is 29.9 Å². The van der Waals surface area contributed by atoms with Crippen LogP contribution in [0.2, 0.25) is 0 Å². The molecule has 0 atom stereocenters. The smallest absolute Gasteiger partial charge is 0.164 e. The first-order valence-corrected chi connectivity index (χ1v) is 37.8. The van der Waals surface area contributed by atoms with E-state index in [-0.39, 0.29) is 0 Å². The Morgan fingerprint density at radius 3 is 0.991 bits per heavy atom. The molecule has 0 N–H and O–H groups in total. The van der Waals surface area contributed by atoms with Crippen molar-refractivity contribution in [2.45, 2.75) is 5.41 Å². The lowest BCUT2D eigenvalue weighted by Crippen LogP contribution is -2.28. The SMILES string of the molecule is c1ccc(-c2nc(-c3ccccc3)nc(-c3ccc(-c4ccc5ccccc5c4-c4ccc5c6ccccc6c6ccc(-c7cccc(-c8nc(-c9ccccc9)nc(-c9cccc(-c%10c(-c%11ccc%12c(c%11)C(c%11ccccc%11)(c%11ccccc%11)c%11ccccc%11-%12)ccc%11ccccc%10%11)c9)n8)c7)cc6c5c4)cc3)n2)cc1. The average Bonchev–Trinajstić information content (AvgIpc) is 1.56. The molecule has 0 amide bonds. The average molecular weight is 1410 g/mol. The van der Waals surface area contributed by atoms with Gasteiger partial charge in [0.05, 0.1) is 5.41 Å². The lowest BCUT2D eigenvalue weighted by Gasteiger charge is -2.34. The van der Waals surface area contributed by atoms with E-state index in [1.54, 1.807) is 0 Å². The molecule has 0 fully saturated rings. The molecule has 2 aromatic heterocycles. The fourth-order valence-electron chi connectivity index (χ4n) is 17.3. The molecule has 0 spiro atoms. The second-order valence-electron chi connectivity index (χ2n) is 28.7. The van der Waals surface area contributed by atoms with Crippen LogP contribution in [-0.2, 0) is 5.41 Å². The molecule has 0 unspecified atom stereocenters. The number of benzene rings is 18. The molecule has 0 saturated heterocycles. The first kappa shape index (κ1) is 64.6. The highest BCUT2D eigenvalue weighted by Gasteiger charge is 2.46. The molecule has 21 rings (SSSR count). The van der Waals surface area contributed by atoms with Crippen LogP contribution < -0.4 is 0 Å². The molecular formula is C105H66N6. The highest BCUT2D eigenvalue weighted by atomic mass is 15.0. The van der Waals surface area contributed by atoms with Crippen LogP contribution in [0.15, 0.2) is 400 Å². The molecule has 111 heavy (non-hydrogen) atoms. The summed E-state index contributed by atoms with van der Waals surface area (Å²) >= 11 is 0. The van der Waals surface area contributed by atoms with Gasteiger partial charge < -0.3 is 0 Å². The standard InChI is InChI=1S/C105H66N6/c1-6-28-70(29-7-1)99-106-100(71-30-8-2-9-31-71)108-102(107-99)73-50-48-69(49-51-73)85-57-52-67-26-17-19-43-84(67)98(85)78-56-60-90-88-45-21-20-44-87(88)89-59-54-75(64-93(89)94(90)65-78)74-34-24-36-79(62-74)103-109-101(72-32-10-3-11-33-72)110-104(111-103)80-37-25-35-77(63-80)97-83-42-18-16-27-68(83)53-58-86(97)76-55-61-92-91-46-22-23-47-95(91)105(96(92)66-76,81-38-12-4-13-39-81)82-40-14-5-15-41-82/h1-66H. The fourth-order valence-corrected chi connectivity index (χ4v) is 17.3. The molecule has 6 heteroatoms. The first-order chi connectivity index (χ1) is 55.0. The summed E-state index contributed by atoms with van der Waals surface area (Å²) in [5.74, 6) is 3.63. The van der Waals surface area contributed by atoms with Gasteiger partial charge in [0.2, 0.25) is 0 Å². The predicted octanol–water partition coefficient (Wildman–Crippen LogP) is 26.5. The highest BCUT2D eigenvalue weighted by Crippen LogP contribution is 2.57. The van der Waals surface area contributed by atoms with Gasteiger partial charge in [-0.2, -0.15) is 0 Å². The summed E-state index contributed by atoms with van der Waals surface area (Å²) in [4.78, 5) is 31.3. The second-order valence-corrected chi connectivity index (χ2v) is 28.7. The van der Waals surface area contributed by atoms with E-state index in [1.165, 1.54) is 82.0 Å². The molecule has 0 saturated carbocycles. The lowest BCUT2D eigenvalue weighted by atomic mass is 9.67. The molecule has 1 aliphatic carbocycles. The zero-order chi connectivity index (χ0) is 73.4.